The number of aryl methyl sites for hydroxylation is 1. The van der Waals surface area contributed by atoms with E-state index in [1.807, 2.05) is 25.1 Å². The van der Waals surface area contributed by atoms with E-state index in [-0.39, 0.29) is 12.0 Å². The van der Waals surface area contributed by atoms with Gasteiger partial charge in [-0.3, -0.25) is 4.79 Å². The zero-order valence-electron chi connectivity index (χ0n) is 9.86. The summed E-state index contributed by atoms with van der Waals surface area (Å²) in [6.07, 6.45) is 1.22. The van der Waals surface area contributed by atoms with Crippen LogP contribution in [0.25, 0.3) is 0 Å². The normalized spacial score (nSPS) is 12.2. The van der Waals surface area contributed by atoms with E-state index in [1.54, 1.807) is 13.0 Å². The lowest BCUT2D eigenvalue weighted by atomic mass is 10.0. The maximum atomic E-state index is 11.6. The van der Waals surface area contributed by atoms with E-state index in [0.29, 0.717) is 12.1 Å². The first-order valence-electron chi connectivity index (χ1n) is 5.68. The van der Waals surface area contributed by atoms with Gasteiger partial charge in [-0.1, -0.05) is 12.1 Å². The maximum Gasteiger partial charge on any atom is 0.251 e. The molecule has 0 spiro atoms. The van der Waals surface area contributed by atoms with Crippen molar-refractivity contribution in [3.8, 4) is 0 Å². The summed E-state index contributed by atoms with van der Waals surface area (Å²) in [5, 5.41) is 12.0. The molecule has 0 bridgehead atoms. The molecule has 88 valence electrons. The van der Waals surface area contributed by atoms with Crippen molar-refractivity contribution in [3.05, 3.63) is 35.4 Å². The first-order chi connectivity index (χ1) is 7.63. The molecule has 0 unspecified atom stereocenters. The number of nitrogens with one attached hydrogen (secondary N) is 1. The lowest BCUT2D eigenvalue weighted by Gasteiger charge is -2.06. The van der Waals surface area contributed by atoms with Crippen molar-refractivity contribution in [2.75, 3.05) is 6.54 Å². The van der Waals surface area contributed by atoms with Crippen molar-refractivity contribution in [1.29, 1.82) is 0 Å². The van der Waals surface area contributed by atoms with Gasteiger partial charge in [-0.25, -0.2) is 0 Å². The van der Waals surface area contributed by atoms with Gasteiger partial charge in [0.1, 0.15) is 0 Å². The van der Waals surface area contributed by atoms with Crippen LogP contribution in [0.1, 0.15) is 36.2 Å². The monoisotopic (exact) mass is 221 g/mol. The number of hydrogen-bond donors (Lipinski definition) is 2. The lowest BCUT2D eigenvalue weighted by Crippen LogP contribution is -2.22. The second-order valence-corrected chi connectivity index (χ2v) is 3.95. The van der Waals surface area contributed by atoms with Crippen molar-refractivity contribution in [2.45, 2.75) is 32.8 Å². The number of rotatable bonds is 5. The summed E-state index contributed by atoms with van der Waals surface area (Å²) in [6.45, 7) is 4.31. The van der Waals surface area contributed by atoms with Crippen LogP contribution in [-0.4, -0.2) is 23.7 Å². The lowest BCUT2D eigenvalue weighted by molar-refractivity contribution is 0.0955. The average Bonchev–Trinajstić information content (AvgIpc) is 2.27. The summed E-state index contributed by atoms with van der Waals surface area (Å²) >= 11 is 0. The minimum atomic E-state index is -0.298. The van der Waals surface area contributed by atoms with E-state index in [2.05, 4.69) is 5.32 Å². The molecule has 0 aliphatic rings. The molecule has 0 saturated carbocycles. The molecule has 1 aromatic carbocycles. The number of aliphatic hydroxyl groups excluding tert-OH is 1. The van der Waals surface area contributed by atoms with Gasteiger partial charge in [-0.2, -0.15) is 0 Å². The average molecular weight is 221 g/mol. The van der Waals surface area contributed by atoms with E-state index in [0.717, 1.165) is 18.4 Å². The van der Waals surface area contributed by atoms with Crippen LogP contribution in [0.2, 0.25) is 0 Å². The van der Waals surface area contributed by atoms with Crippen molar-refractivity contribution < 1.29 is 9.90 Å². The van der Waals surface area contributed by atoms with Crippen LogP contribution in [0.5, 0.6) is 0 Å². The predicted molar refractivity (Wildman–Crippen MR) is 64.5 cm³/mol. The first-order valence-corrected chi connectivity index (χ1v) is 5.68. The van der Waals surface area contributed by atoms with E-state index >= 15 is 0 Å². The van der Waals surface area contributed by atoms with E-state index < -0.39 is 0 Å². The van der Waals surface area contributed by atoms with Gasteiger partial charge in [0.05, 0.1) is 6.10 Å². The van der Waals surface area contributed by atoms with E-state index in [4.69, 9.17) is 0 Å². The molecule has 0 aliphatic heterocycles. The number of aliphatic hydroxyl groups is 1. The Hall–Kier alpha value is -1.35. The molecule has 0 fully saturated rings. The fourth-order valence-corrected chi connectivity index (χ4v) is 1.51. The van der Waals surface area contributed by atoms with Crippen molar-refractivity contribution in [1.82, 2.24) is 5.32 Å². The number of carbonyl (C=O) groups excluding carboxylic acids is 1. The third-order valence-electron chi connectivity index (χ3n) is 2.38. The van der Waals surface area contributed by atoms with Gasteiger partial charge in [0.2, 0.25) is 0 Å². The summed E-state index contributed by atoms with van der Waals surface area (Å²) in [4.78, 5) is 11.6. The van der Waals surface area contributed by atoms with Gasteiger partial charge in [-0.15, -0.1) is 0 Å². The molecule has 3 heteroatoms. The molecule has 1 rings (SSSR count). The quantitative estimate of drug-likeness (QED) is 0.795. The minimum absolute atomic E-state index is 0.0404. The molecule has 16 heavy (non-hydrogen) atoms. The van der Waals surface area contributed by atoms with Gasteiger partial charge in [0.15, 0.2) is 0 Å². The molecule has 1 amide bonds. The molecule has 1 atom stereocenters. The third kappa shape index (κ3) is 4.03. The zero-order chi connectivity index (χ0) is 12.0. The number of benzene rings is 1. The van der Waals surface area contributed by atoms with E-state index in [1.165, 1.54) is 0 Å². The standard InChI is InChI=1S/C13H19NO2/c1-3-14-13(16)12-6-4-5-11(9-12)8-7-10(2)15/h4-6,9-10,15H,3,7-8H2,1-2H3,(H,14,16)/t10-/m1/s1. The van der Waals surface area contributed by atoms with Crippen molar-refractivity contribution >= 4 is 5.91 Å². The Balaban J connectivity index is 2.67. The Morgan fingerprint density at radius 2 is 2.25 bits per heavy atom. The van der Waals surface area contributed by atoms with Gasteiger partial charge < -0.3 is 10.4 Å². The van der Waals surface area contributed by atoms with Crippen molar-refractivity contribution in [2.24, 2.45) is 0 Å². The number of amides is 1. The molecule has 2 N–H and O–H groups in total. The number of hydrogen-bond acceptors (Lipinski definition) is 2. The fraction of sp³-hybridized carbons (Fsp3) is 0.462. The second-order valence-electron chi connectivity index (χ2n) is 3.95. The maximum absolute atomic E-state index is 11.6. The summed E-state index contributed by atoms with van der Waals surface area (Å²) in [5.74, 6) is -0.0404. The molecular formula is C13H19NO2. The summed E-state index contributed by atoms with van der Waals surface area (Å²) < 4.78 is 0. The van der Waals surface area contributed by atoms with Crippen LogP contribution in [0.4, 0.5) is 0 Å². The molecule has 0 aromatic heterocycles. The first kappa shape index (κ1) is 12.7. The van der Waals surface area contributed by atoms with Crippen molar-refractivity contribution in [3.63, 3.8) is 0 Å². The smallest absolute Gasteiger partial charge is 0.251 e. The Kier molecular flexibility index (Phi) is 4.99. The fourth-order valence-electron chi connectivity index (χ4n) is 1.51. The molecular weight excluding hydrogens is 202 g/mol. The second kappa shape index (κ2) is 6.28. The Labute approximate surface area is 96.5 Å². The zero-order valence-corrected chi connectivity index (χ0v) is 9.86. The molecule has 1 aromatic rings. The predicted octanol–water partition coefficient (Wildman–Crippen LogP) is 1.75. The van der Waals surface area contributed by atoms with Crippen LogP contribution in [0, 0.1) is 0 Å². The van der Waals surface area contributed by atoms with E-state index in [9.17, 15) is 9.90 Å². The largest absolute Gasteiger partial charge is 0.393 e. The van der Waals surface area contributed by atoms with Gasteiger partial charge >= 0.3 is 0 Å². The number of carbonyl (C=O) groups is 1. The van der Waals surface area contributed by atoms with Gasteiger partial charge in [0.25, 0.3) is 5.91 Å². The highest BCUT2D eigenvalue weighted by molar-refractivity contribution is 5.94. The topological polar surface area (TPSA) is 49.3 Å². The summed E-state index contributed by atoms with van der Waals surface area (Å²) in [5.41, 5.74) is 1.77. The van der Waals surface area contributed by atoms with Gasteiger partial charge in [0, 0.05) is 12.1 Å². The highest BCUT2D eigenvalue weighted by Gasteiger charge is 2.05. The summed E-state index contributed by atoms with van der Waals surface area (Å²) in [7, 11) is 0. The highest BCUT2D eigenvalue weighted by atomic mass is 16.3. The van der Waals surface area contributed by atoms with Crippen LogP contribution in [0.15, 0.2) is 24.3 Å². The van der Waals surface area contributed by atoms with Crippen LogP contribution >= 0.6 is 0 Å². The highest BCUT2D eigenvalue weighted by Crippen LogP contribution is 2.09. The Morgan fingerprint density at radius 1 is 1.50 bits per heavy atom. The molecule has 3 nitrogen and oxygen atoms in total. The molecule has 0 aliphatic carbocycles. The Bertz CT molecular complexity index is 348. The van der Waals surface area contributed by atoms with Crippen LogP contribution in [0.3, 0.4) is 0 Å². The van der Waals surface area contributed by atoms with Gasteiger partial charge in [-0.05, 0) is 44.4 Å². The third-order valence-corrected chi connectivity index (χ3v) is 2.38. The molecule has 0 radical (unpaired) electrons. The van der Waals surface area contributed by atoms with Crippen LogP contribution in [-0.2, 0) is 6.42 Å². The molecule has 0 heterocycles. The SMILES string of the molecule is CCNC(=O)c1cccc(CC[C@@H](C)O)c1. The Morgan fingerprint density at radius 3 is 2.88 bits per heavy atom. The minimum Gasteiger partial charge on any atom is -0.393 e. The van der Waals surface area contributed by atoms with Crippen LogP contribution < -0.4 is 5.32 Å². The summed E-state index contributed by atoms with van der Waals surface area (Å²) in [6, 6.07) is 7.54. The molecule has 0 saturated heterocycles.